The average molecular weight is 279 g/mol. The van der Waals surface area contributed by atoms with Crippen molar-refractivity contribution in [3.63, 3.8) is 0 Å². The number of rotatable bonds is 4. The number of hydrogen-bond donors (Lipinski definition) is 2. The van der Waals surface area contributed by atoms with Gasteiger partial charge in [0.1, 0.15) is 0 Å². The first kappa shape index (κ1) is 13.7. The highest BCUT2D eigenvalue weighted by atomic mass is 15.0. The van der Waals surface area contributed by atoms with Gasteiger partial charge in [0.15, 0.2) is 0 Å². The highest BCUT2D eigenvalue weighted by molar-refractivity contribution is 5.88. The van der Waals surface area contributed by atoms with Crippen molar-refractivity contribution in [2.24, 2.45) is 0 Å². The van der Waals surface area contributed by atoms with Crippen LogP contribution in [0.2, 0.25) is 0 Å². The summed E-state index contributed by atoms with van der Waals surface area (Å²) in [7, 11) is 4.17. The van der Waals surface area contributed by atoms with Crippen LogP contribution in [0.25, 0.3) is 10.9 Å². The number of fused-ring (bicyclic) bond motifs is 1. The number of nitrogens with one attached hydrogen (secondary N) is 2. The summed E-state index contributed by atoms with van der Waals surface area (Å²) < 4.78 is 0. The number of nitrogens with zero attached hydrogens (tertiary/aromatic N) is 1. The number of aromatic amines is 1. The Hall–Kier alpha value is -2.26. The lowest BCUT2D eigenvalue weighted by Gasteiger charge is -2.13. The Labute approximate surface area is 125 Å². The molecular formula is C18H21N3. The molecule has 0 atom stereocenters. The fraction of sp³-hybridized carbons (Fsp3) is 0.222. The summed E-state index contributed by atoms with van der Waals surface area (Å²) in [6, 6.07) is 15.0. The lowest BCUT2D eigenvalue weighted by atomic mass is 10.1. The van der Waals surface area contributed by atoms with Gasteiger partial charge in [0.05, 0.1) is 0 Å². The molecule has 0 spiro atoms. The van der Waals surface area contributed by atoms with Gasteiger partial charge in [0.25, 0.3) is 0 Å². The van der Waals surface area contributed by atoms with Crippen LogP contribution < -0.4 is 5.32 Å². The van der Waals surface area contributed by atoms with E-state index in [-0.39, 0.29) is 0 Å². The second-order valence-corrected chi connectivity index (χ2v) is 5.74. The quantitative estimate of drug-likeness (QED) is 0.746. The van der Waals surface area contributed by atoms with Crippen LogP contribution in [0.4, 0.5) is 11.4 Å². The van der Waals surface area contributed by atoms with Gasteiger partial charge in [-0.1, -0.05) is 12.1 Å². The number of hydrogen-bond acceptors (Lipinski definition) is 2. The molecule has 0 fully saturated rings. The topological polar surface area (TPSA) is 31.1 Å². The lowest BCUT2D eigenvalue weighted by Crippen LogP contribution is -2.10. The molecule has 3 heteroatoms. The number of benzene rings is 2. The van der Waals surface area contributed by atoms with E-state index in [1.54, 1.807) is 0 Å². The zero-order valence-electron chi connectivity index (χ0n) is 12.8. The third-order valence-corrected chi connectivity index (χ3v) is 3.71. The van der Waals surface area contributed by atoms with Crippen LogP contribution in [0.5, 0.6) is 0 Å². The molecule has 0 aliphatic carbocycles. The van der Waals surface area contributed by atoms with Gasteiger partial charge in [0, 0.05) is 35.0 Å². The van der Waals surface area contributed by atoms with Gasteiger partial charge in [0.2, 0.25) is 0 Å². The molecule has 3 aromatic rings. The molecule has 0 saturated carbocycles. The molecule has 0 aliphatic rings. The first-order valence-electron chi connectivity index (χ1n) is 7.21. The van der Waals surface area contributed by atoms with E-state index >= 15 is 0 Å². The maximum atomic E-state index is 3.54. The second-order valence-electron chi connectivity index (χ2n) is 5.74. The van der Waals surface area contributed by atoms with Crippen LogP contribution in [0, 0.1) is 6.92 Å². The van der Waals surface area contributed by atoms with Crippen LogP contribution in [0.15, 0.2) is 48.7 Å². The fourth-order valence-corrected chi connectivity index (χ4v) is 2.69. The molecular weight excluding hydrogens is 258 g/mol. The molecule has 0 amide bonds. The van der Waals surface area contributed by atoms with Crippen molar-refractivity contribution >= 4 is 22.3 Å². The van der Waals surface area contributed by atoms with Crippen molar-refractivity contribution < 1.29 is 0 Å². The Bertz CT molecular complexity index is 756. The maximum Gasteiger partial charge on any atom is 0.0458 e. The van der Waals surface area contributed by atoms with Crippen LogP contribution in [0.1, 0.15) is 11.1 Å². The summed E-state index contributed by atoms with van der Waals surface area (Å²) in [6.45, 7) is 3.10. The number of aromatic nitrogens is 1. The zero-order chi connectivity index (χ0) is 14.8. The second kappa shape index (κ2) is 5.62. The predicted molar refractivity (Wildman–Crippen MR) is 90.2 cm³/mol. The van der Waals surface area contributed by atoms with Gasteiger partial charge in [-0.25, -0.2) is 0 Å². The molecule has 0 unspecified atom stereocenters. The van der Waals surface area contributed by atoms with Crippen molar-refractivity contribution in [1.82, 2.24) is 9.88 Å². The summed E-state index contributed by atoms with van der Waals surface area (Å²) in [4.78, 5) is 5.43. The number of anilines is 2. The van der Waals surface area contributed by atoms with Gasteiger partial charge < -0.3 is 15.2 Å². The van der Waals surface area contributed by atoms with E-state index in [4.69, 9.17) is 0 Å². The number of H-pyrrole nitrogens is 1. The first-order valence-corrected chi connectivity index (χ1v) is 7.21. The molecule has 2 N–H and O–H groups in total. The fourth-order valence-electron chi connectivity index (χ4n) is 2.69. The zero-order valence-corrected chi connectivity index (χ0v) is 12.8. The molecule has 0 bridgehead atoms. The molecule has 0 saturated heterocycles. The molecule has 2 aromatic carbocycles. The lowest BCUT2D eigenvalue weighted by molar-refractivity contribution is 0.402. The molecule has 0 radical (unpaired) electrons. The molecule has 108 valence electrons. The predicted octanol–water partition coefficient (Wildman–Crippen LogP) is 4.28. The van der Waals surface area contributed by atoms with Crippen LogP contribution in [-0.4, -0.2) is 24.0 Å². The maximum absolute atomic E-state index is 3.54. The molecule has 3 nitrogen and oxygen atoms in total. The molecule has 3 rings (SSSR count). The molecule has 21 heavy (non-hydrogen) atoms. The Morgan fingerprint density at radius 1 is 1.10 bits per heavy atom. The highest BCUT2D eigenvalue weighted by Crippen LogP contribution is 2.27. The Balaban J connectivity index is 1.89. The Kier molecular flexibility index (Phi) is 3.67. The van der Waals surface area contributed by atoms with Crippen molar-refractivity contribution in [3.05, 3.63) is 59.8 Å². The number of aryl methyl sites for hydroxylation is 1. The van der Waals surface area contributed by atoms with Crippen molar-refractivity contribution in [2.45, 2.75) is 13.5 Å². The normalized spacial score (nSPS) is 11.2. The minimum atomic E-state index is 0.950. The van der Waals surface area contributed by atoms with Crippen LogP contribution >= 0.6 is 0 Å². The summed E-state index contributed by atoms with van der Waals surface area (Å²) >= 11 is 0. The van der Waals surface area contributed by atoms with Gasteiger partial charge >= 0.3 is 0 Å². The molecule has 0 aliphatic heterocycles. The van der Waals surface area contributed by atoms with Crippen LogP contribution in [-0.2, 0) is 6.54 Å². The van der Waals surface area contributed by atoms with Gasteiger partial charge in [-0.05, 0) is 62.5 Å². The van der Waals surface area contributed by atoms with E-state index in [0.717, 1.165) is 17.9 Å². The van der Waals surface area contributed by atoms with Gasteiger partial charge in [-0.15, -0.1) is 0 Å². The largest absolute Gasteiger partial charge is 0.361 e. The van der Waals surface area contributed by atoms with E-state index in [1.165, 1.54) is 22.0 Å². The van der Waals surface area contributed by atoms with E-state index in [0.29, 0.717) is 0 Å². The third-order valence-electron chi connectivity index (χ3n) is 3.71. The standard InChI is InChI=1S/C18H21N3/c1-13-16-9-10-19-18(16)8-7-17(13)20-15-6-4-5-14(11-15)12-21(2)3/h4-11,19-20H,12H2,1-3H3. The Morgan fingerprint density at radius 3 is 2.76 bits per heavy atom. The SMILES string of the molecule is Cc1c(Nc2cccc(CN(C)C)c2)ccc2[nH]ccc12. The van der Waals surface area contributed by atoms with Gasteiger partial charge in [-0.3, -0.25) is 0 Å². The highest BCUT2D eigenvalue weighted by Gasteiger charge is 2.05. The summed E-state index contributed by atoms with van der Waals surface area (Å²) in [5.41, 5.74) is 6.05. The summed E-state index contributed by atoms with van der Waals surface area (Å²) in [5.74, 6) is 0. The molecule has 1 aromatic heterocycles. The van der Waals surface area contributed by atoms with Gasteiger partial charge in [-0.2, -0.15) is 0 Å². The molecule has 1 heterocycles. The Morgan fingerprint density at radius 2 is 1.95 bits per heavy atom. The van der Waals surface area contributed by atoms with Crippen molar-refractivity contribution in [2.75, 3.05) is 19.4 Å². The van der Waals surface area contributed by atoms with Crippen molar-refractivity contribution in [3.8, 4) is 0 Å². The average Bonchev–Trinajstić information content (AvgIpc) is 2.91. The summed E-state index contributed by atoms with van der Waals surface area (Å²) in [5, 5.41) is 4.80. The van der Waals surface area contributed by atoms with E-state index in [1.807, 2.05) is 6.20 Å². The van der Waals surface area contributed by atoms with E-state index in [2.05, 4.69) is 78.7 Å². The van der Waals surface area contributed by atoms with Crippen LogP contribution in [0.3, 0.4) is 0 Å². The van der Waals surface area contributed by atoms with E-state index < -0.39 is 0 Å². The first-order chi connectivity index (χ1) is 10.1. The van der Waals surface area contributed by atoms with E-state index in [9.17, 15) is 0 Å². The monoisotopic (exact) mass is 279 g/mol. The smallest absolute Gasteiger partial charge is 0.0458 e. The summed E-state index contributed by atoms with van der Waals surface area (Å²) in [6.07, 6.45) is 1.99. The minimum Gasteiger partial charge on any atom is -0.361 e. The third kappa shape index (κ3) is 2.93. The van der Waals surface area contributed by atoms with Crippen molar-refractivity contribution in [1.29, 1.82) is 0 Å². The minimum absolute atomic E-state index is 0.950.